The van der Waals surface area contributed by atoms with Crippen molar-refractivity contribution in [2.24, 2.45) is 13.0 Å². The van der Waals surface area contributed by atoms with E-state index in [9.17, 15) is 9.59 Å². The minimum atomic E-state index is -0.0599. The molecule has 0 spiro atoms. The van der Waals surface area contributed by atoms with Crippen molar-refractivity contribution in [1.82, 2.24) is 19.6 Å². The van der Waals surface area contributed by atoms with Crippen molar-refractivity contribution in [2.75, 3.05) is 38.2 Å². The van der Waals surface area contributed by atoms with Gasteiger partial charge >= 0.3 is 0 Å². The highest BCUT2D eigenvalue weighted by atomic mass is 16.5. The summed E-state index contributed by atoms with van der Waals surface area (Å²) in [4.78, 5) is 34.8. The first kappa shape index (κ1) is 30.8. The third kappa shape index (κ3) is 6.96. The number of amides is 2. The number of hydrogen-bond donors (Lipinski definition) is 0. The Bertz CT molecular complexity index is 1410. The van der Waals surface area contributed by atoms with Gasteiger partial charge in [0.2, 0.25) is 5.91 Å². The Hall–Kier alpha value is -3.65. The van der Waals surface area contributed by atoms with E-state index in [1.165, 1.54) is 6.42 Å². The van der Waals surface area contributed by atoms with Crippen LogP contribution in [0.4, 0.5) is 5.69 Å². The molecular formula is C35H47N5O3. The Labute approximate surface area is 256 Å². The molecule has 1 fully saturated rings. The molecule has 1 saturated carbocycles. The van der Waals surface area contributed by atoms with E-state index in [2.05, 4.69) is 42.7 Å². The number of nitrogens with zero attached hydrogens (tertiary/aromatic N) is 5. The van der Waals surface area contributed by atoms with Gasteiger partial charge in [0.1, 0.15) is 11.4 Å². The lowest BCUT2D eigenvalue weighted by atomic mass is 9.87. The molecule has 1 aromatic heterocycles. The number of aryl methyl sites for hydroxylation is 2. The number of para-hydroxylation sites is 1. The molecule has 0 saturated heterocycles. The van der Waals surface area contributed by atoms with Crippen LogP contribution in [0.15, 0.2) is 48.5 Å². The lowest BCUT2D eigenvalue weighted by Gasteiger charge is -2.33. The number of benzene rings is 2. The van der Waals surface area contributed by atoms with Gasteiger partial charge in [0, 0.05) is 57.3 Å². The summed E-state index contributed by atoms with van der Waals surface area (Å²) >= 11 is 0. The zero-order chi connectivity index (χ0) is 30.5. The van der Waals surface area contributed by atoms with Crippen LogP contribution in [0.2, 0.25) is 0 Å². The van der Waals surface area contributed by atoms with Crippen LogP contribution in [-0.2, 0) is 18.4 Å². The fourth-order valence-electron chi connectivity index (χ4n) is 6.64. The molecule has 8 heteroatoms. The van der Waals surface area contributed by atoms with E-state index < -0.39 is 0 Å². The smallest absolute Gasteiger partial charge is 0.272 e. The van der Waals surface area contributed by atoms with Crippen LogP contribution in [0.1, 0.15) is 74.0 Å². The molecule has 5 rings (SSSR count). The van der Waals surface area contributed by atoms with Crippen LogP contribution in [0.3, 0.4) is 0 Å². The van der Waals surface area contributed by atoms with Crippen LogP contribution >= 0.6 is 0 Å². The first-order valence-corrected chi connectivity index (χ1v) is 15.9. The summed E-state index contributed by atoms with van der Waals surface area (Å²) in [5.74, 6) is 1.05. The van der Waals surface area contributed by atoms with Crippen molar-refractivity contribution in [1.29, 1.82) is 0 Å². The molecule has 0 unspecified atom stereocenters. The molecule has 0 N–H and O–H groups in total. The summed E-state index contributed by atoms with van der Waals surface area (Å²) in [7, 11) is 3.48. The van der Waals surface area contributed by atoms with Gasteiger partial charge in [-0.1, -0.05) is 37.5 Å². The van der Waals surface area contributed by atoms with Crippen molar-refractivity contribution < 1.29 is 14.3 Å². The maximum absolute atomic E-state index is 14.3. The molecule has 3 aromatic rings. The Kier molecular flexibility index (Phi) is 9.86. The van der Waals surface area contributed by atoms with Gasteiger partial charge < -0.3 is 14.5 Å². The monoisotopic (exact) mass is 585 g/mol. The van der Waals surface area contributed by atoms with Gasteiger partial charge in [0.15, 0.2) is 0 Å². The number of ether oxygens (including phenoxy) is 1. The molecule has 0 bridgehead atoms. The highest BCUT2D eigenvalue weighted by Gasteiger charge is 2.31. The molecule has 2 aliphatic rings. The first-order chi connectivity index (χ1) is 20.8. The number of anilines is 1. The van der Waals surface area contributed by atoms with Crippen molar-refractivity contribution in [2.45, 2.75) is 71.9 Å². The number of carbonyl (C=O) groups excluding carboxylic acids is 2. The Balaban J connectivity index is 1.50. The van der Waals surface area contributed by atoms with Crippen molar-refractivity contribution in [3.05, 3.63) is 65.4 Å². The number of aromatic nitrogens is 2. The van der Waals surface area contributed by atoms with Crippen molar-refractivity contribution >= 4 is 17.5 Å². The lowest BCUT2D eigenvalue weighted by molar-refractivity contribution is -0.123. The predicted molar refractivity (Wildman–Crippen MR) is 171 cm³/mol. The second-order valence-corrected chi connectivity index (χ2v) is 12.4. The number of fused-ring (bicyclic) bond motifs is 1. The van der Waals surface area contributed by atoms with Gasteiger partial charge in [-0.15, -0.1) is 0 Å². The Morgan fingerprint density at radius 3 is 2.37 bits per heavy atom. The number of carbonyl (C=O) groups is 2. The highest BCUT2D eigenvalue weighted by molar-refractivity contribution is 5.97. The molecule has 1 aliphatic heterocycles. The van der Waals surface area contributed by atoms with Crippen molar-refractivity contribution in [3.63, 3.8) is 0 Å². The van der Waals surface area contributed by atoms with E-state index in [0.717, 1.165) is 79.0 Å². The summed E-state index contributed by atoms with van der Waals surface area (Å²) in [6.07, 6.45) is 6.29. The summed E-state index contributed by atoms with van der Waals surface area (Å²) < 4.78 is 6.99. The quantitative estimate of drug-likeness (QED) is 0.363. The summed E-state index contributed by atoms with van der Waals surface area (Å²) in [6, 6.07) is 16.2. The van der Waals surface area contributed by atoms with E-state index in [0.29, 0.717) is 31.4 Å². The molecule has 2 amide bonds. The third-order valence-corrected chi connectivity index (χ3v) is 9.16. The van der Waals surface area contributed by atoms with Crippen LogP contribution < -0.4 is 9.64 Å². The average molecular weight is 586 g/mol. The SMILES string of the molecule is COc1ccc(-c2cc(C(=O)N3CCN(C(C)C)CCCN(C(=O)C4CCCCC4)c4c(C)cccc4C3)n(C)n2)cc1. The zero-order valence-electron chi connectivity index (χ0n) is 26.5. The lowest BCUT2D eigenvalue weighted by Crippen LogP contribution is -2.42. The van der Waals surface area contributed by atoms with Crippen LogP contribution in [0.5, 0.6) is 5.75 Å². The van der Waals surface area contributed by atoms with Gasteiger partial charge in [0.25, 0.3) is 5.91 Å². The largest absolute Gasteiger partial charge is 0.497 e. The molecule has 8 nitrogen and oxygen atoms in total. The maximum atomic E-state index is 14.3. The second-order valence-electron chi connectivity index (χ2n) is 12.4. The Morgan fingerprint density at radius 2 is 1.67 bits per heavy atom. The fraction of sp³-hybridized carbons (Fsp3) is 0.514. The van der Waals surface area contributed by atoms with E-state index in [1.54, 1.807) is 11.8 Å². The third-order valence-electron chi connectivity index (χ3n) is 9.16. The Morgan fingerprint density at radius 1 is 0.930 bits per heavy atom. The predicted octanol–water partition coefficient (Wildman–Crippen LogP) is 6.07. The van der Waals surface area contributed by atoms with Gasteiger partial charge in [-0.3, -0.25) is 19.2 Å². The van der Waals surface area contributed by atoms with E-state index in [4.69, 9.17) is 9.84 Å². The minimum Gasteiger partial charge on any atom is -0.497 e. The molecule has 2 aromatic carbocycles. The van der Waals surface area contributed by atoms with E-state index in [1.807, 2.05) is 48.3 Å². The average Bonchev–Trinajstić information content (AvgIpc) is 3.39. The van der Waals surface area contributed by atoms with Gasteiger partial charge in [-0.2, -0.15) is 5.10 Å². The normalized spacial score (nSPS) is 17.4. The standard InChI is InChI=1S/C35H47N5O3/c1-25(2)38-19-10-20-40(34(41)28-12-7-6-8-13-28)33-26(3)11-9-14-29(33)24-39(22-21-38)35(42)32-23-31(36-37(32)4)27-15-17-30(43-5)18-16-27/h9,11,14-18,23,25,28H,6-8,10,12-13,19-22,24H2,1-5H3. The molecule has 0 atom stereocenters. The maximum Gasteiger partial charge on any atom is 0.272 e. The number of rotatable bonds is 5. The second kappa shape index (κ2) is 13.8. The van der Waals surface area contributed by atoms with Gasteiger partial charge in [0.05, 0.1) is 18.5 Å². The zero-order valence-corrected chi connectivity index (χ0v) is 26.5. The van der Waals surface area contributed by atoms with Crippen molar-refractivity contribution in [3.8, 4) is 17.0 Å². The van der Waals surface area contributed by atoms with E-state index >= 15 is 0 Å². The number of methoxy groups -OCH3 is 1. The molecular weight excluding hydrogens is 538 g/mol. The molecule has 230 valence electrons. The molecule has 43 heavy (non-hydrogen) atoms. The topological polar surface area (TPSA) is 70.9 Å². The highest BCUT2D eigenvalue weighted by Crippen LogP contribution is 2.33. The minimum absolute atomic E-state index is 0.0599. The summed E-state index contributed by atoms with van der Waals surface area (Å²) in [5.41, 5.74) is 5.30. The summed E-state index contributed by atoms with van der Waals surface area (Å²) in [5, 5.41) is 4.70. The van der Waals surface area contributed by atoms with Crippen LogP contribution in [0, 0.1) is 12.8 Å². The molecule has 2 heterocycles. The molecule has 0 radical (unpaired) electrons. The number of hydrogen-bond acceptors (Lipinski definition) is 5. The van der Waals surface area contributed by atoms with Crippen LogP contribution in [-0.4, -0.2) is 70.7 Å². The molecule has 1 aliphatic carbocycles. The van der Waals surface area contributed by atoms with E-state index in [-0.39, 0.29) is 17.7 Å². The van der Waals surface area contributed by atoms with Gasteiger partial charge in [-0.05, 0) is 81.5 Å². The summed E-state index contributed by atoms with van der Waals surface area (Å²) in [6.45, 7) is 9.86. The van der Waals surface area contributed by atoms with Gasteiger partial charge in [-0.25, -0.2) is 0 Å². The van der Waals surface area contributed by atoms with Crippen LogP contribution in [0.25, 0.3) is 11.3 Å². The fourth-order valence-corrected chi connectivity index (χ4v) is 6.64. The first-order valence-electron chi connectivity index (χ1n) is 15.9.